The van der Waals surface area contributed by atoms with Crippen molar-refractivity contribution in [3.8, 4) is 0 Å². The van der Waals surface area contributed by atoms with Crippen LogP contribution in [0.4, 0.5) is 0 Å². The first-order valence-corrected chi connectivity index (χ1v) is 15.2. The molecule has 0 spiro atoms. The number of allylic oxidation sites excluding steroid dienone is 3. The van der Waals surface area contributed by atoms with Gasteiger partial charge >= 0.3 is 11.9 Å². The molecule has 0 bridgehead atoms. The smallest absolute Gasteiger partial charge is 0.303 e. The summed E-state index contributed by atoms with van der Waals surface area (Å²) in [6, 6.07) is 0. The van der Waals surface area contributed by atoms with Gasteiger partial charge in [0.1, 0.15) is 17.8 Å². The van der Waals surface area contributed by atoms with Gasteiger partial charge in [0.2, 0.25) is 11.6 Å². The zero-order chi connectivity index (χ0) is 33.1. The Morgan fingerprint density at radius 2 is 1.75 bits per heavy atom. The number of fused-ring (bicyclic) bond motifs is 3. The van der Waals surface area contributed by atoms with Crippen molar-refractivity contribution in [3.63, 3.8) is 0 Å². The van der Waals surface area contributed by atoms with E-state index in [2.05, 4.69) is 0 Å². The van der Waals surface area contributed by atoms with Gasteiger partial charge in [0.25, 0.3) is 0 Å². The molecule has 2 aliphatic carbocycles. The Balaban J connectivity index is 1.82. The molecule has 244 valence electrons. The van der Waals surface area contributed by atoms with Crippen molar-refractivity contribution in [2.24, 2.45) is 17.3 Å². The third-order valence-electron chi connectivity index (χ3n) is 10.1. The summed E-state index contributed by atoms with van der Waals surface area (Å²) < 4.78 is 29.9. The zero-order valence-electron chi connectivity index (χ0n) is 27.3. The molecule has 0 aromatic carbocycles. The van der Waals surface area contributed by atoms with E-state index in [0.717, 1.165) is 0 Å². The van der Waals surface area contributed by atoms with E-state index in [1.54, 1.807) is 47.6 Å². The van der Waals surface area contributed by atoms with Gasteiger partial charge in [-0.15, -0.1) is 0 Å². The molecular weight excluding hydrogens is 572 g/mol. The summed E-state index contributed by atoms with van der Waals surface area (Å²) in [5, 5.41) is 22.9. The number of ether oxygens (including phenoxy) is 5. The Labute approximate surface area is 258 Å². The summed E-state index contributed by atoms with van der Waals surface area (Å²) in [6.45, 7) is 14.6. The van der Waals surface area contributed by atoms with Crippen molar-refractivity contribution in [1.82, 2.24) is 0 Å². The summed E-state index contributed by atoms with van der Waals surface area (Å²) in [4.78, 5) is 52.7. The fraction of sp³-hybridized carbons (Fsp3) is 0.697. The fourth-order valence-electron chi connectivity index (χ4n) is 7.85. The molecule has 1 saturated heterocycles. The van der Waals surface area contributed by atoms with E-state index < -0.39 is 82.5 Å². The fourth-order valence-corrected chi connectivity index (χ4v) is 7.85. The van der Waals surface area contributed by atoms with E-state index in [1.165, 1.54) is 21.0 Å². The van der Waals surface area contributed by atoms with E-state index in [-0.39, 0.29) is 29.1 Å². The van der Waals surface area contributed by atoms with E-state index in [9.17, 15) is 29.4 Å². The monoisotopic (exact) mass is 618 g/mol. The number of ketones is 2. The second kappa shape index (κ2) is 11.7. The highest BCUT2D eigenvalue weighted by Crippen LogP contribution is 2.60. The van der Waals surface area contributed by atoms with Gasteiger partial charge in [-0.3, -0.25) is 19.2 Å². The lowest BCUT2D eigenvalue weighted by Gasteiger charge is -2.63. The largest absolute Gasteiger partial charge is 0.492 e. The van der Waals surface area contributed by atoms with Gasteiger partial charge in [0, 0.05) is 37.5 Å². The Hall–Kier alpha value is -3.02. The number of aliphatic hydroxyl groups excluding tert-OH is 1. The molecule has 1 saturated carbocycles. The maximum Gasteiger partial charge on any atom is 0.303 e. The first-order valence-electron chi connectivity index (χ1n) is 15.2. The number of hydrogen-bond acceptors (Lipinski definition) is 11. The second-order valence-corrected chi connectivity index (χ2v) is 13.5. The van der Waals surface area contributed by atoms with E-state index in [4.69, 9.17) is 23.7 Å². The maximum absolute atomic E-state index is 14.2. The molecule has 4 aliphatic rings. The number of carbonyl (C=O) groups is 4. The van der Waals surface area contributed by atoms with Gasteiger partial charge in [-0.2, -0.15) is 0 Å². The molecular formula is C33H46O11. The summed E-state index contributed by atoms with van der Waals surface area (Å²) in [5.74, 6) is -4.57. The molecule has 11 heteroatoms. The van der Waals surface area contributed by atoms with Crippen LogP contribution in [0, 0.1) is 17.3 Å². The highest BCUT2D eigenvalue weighted by molar-refractivity contribution is 6.24. The lowest BCUT2D eigenvalue weighted by Crippen LogP contribution is -2.70. The number of carbonyl (C=O) groups excluding carboxylic acids is 4. The van der Waals surface area contributed by atoms with Gasteiger partial charge in [0.15, 0.2) is 11.5 Å². The number of methoxy groups -OCH3 is 1. The van der Waals surface area contributed by atoms with E-state index >= 15 is 0 Å². The van der Waals surface area contributed by atoms with Crippen molar-refractivity contribution < 1.29 is 53.1 Å². The molecule has 0 unspecified atom stereocenters. The molecule has 2 N–H and O–H groups in total. The Morgan fingerprint density at radius 1 is 1.11 bits per heavy atom. The molecule has 2 aliphatic heterocycles. The molecule has 0 radical (unpaired) electrons. The third kappa shape index (κ3) is 5.41. The number of hydrogen-bond donors (Lipinski definition) is 2. The summed E-state index contributed by atoms with van der Waals surface area (Å²) >= 11 is 0. The molecule has 9 atom stereocenters. The Bertz CT molecular complexity index is 1330. The summed E-state index contributed by atoms with van der Waals surface area (Å²) in [6.07, 6.45) is -1.69. The Kier molecular flexibility index (Phi) is 9.02. The van der Waals surface area contributed by atoms with Crippen LogP contribution >= 0.6 is 0 Å². The minimum absolute atomic E-state index is 0.00958. The van der Waals surface area contributed by atoms with Crippen LogP contribution in [0.1, 0.15) is 81.6 Å². The lowest BCUT2D eigenvalue weighted by atomic mass is 9.51. The topological polar surface area (TPSA) is 155 Å². The van der Waals surface area contributed by atoms with Gasteiger partial charge in [-0.05, 0) is 53.0 Å². The highest BCUT2D eigenvalue weighted by atomic mass is 16.6. The average molecular weight is 619 g/mol. The minimum Gasteiger partial charge on any atom is -0.492 e. The van der Waals surface area contributed by atoms with Crippen LogP contribution in [0.3, 0.4) is 0 Å². The van der Waals surface area contributed by atoms with Crippen LogP contribution in [0.2, 0.25) is 0 Å². The number of rotatable bonds is 7. The van der Waals surface area contributed by atoms with Gasteiger partial charge < -0.3 is 33.9 Å². The van der Waals surface area contributed by atoms with Crippen LogP contribution < -0.4 is 0 Å². The van der Waals surface area contributed by atoms with Crippen molar-refractivity contribution >= 4 is 23.5 Å². The SMILES string of the molecule is C/C=C(\C)[C@H](OC(C)=O)[C@H](C)C1=C(OC)C(=O)C2=C(O[C@]3(C)CC[C@@H]4O[C@H](C(C)(C)O)C[C@H](OC(C)=O)[C@]4(C)[C@@H]3[C@H]2O)C1=O. The van der Waals surface area contributed by atoms with Crippen LogP contribution in [0.15, 0.2) is 34.3 Å². The quantitative estimate of drug-likeness (QED) is 0.245. The number of esters is 2. The first-order chi connectivity index (χ1) is 20.3. The summed E-state index contributed by atoms with van der Waals surface area (Å²) in [5.41, 5.74) is -3.01. The molecule has 4 rings (SSSR count). The van der Waals surface area contributed by atoms with E-state index in [0.29, 0.717) is 18.4 Å². The first kappa shape index (κ1) is 33.9. The molecule has 2 heterocycles. The minimum atomic E-state index is -1.50. The number of Topliss-reactive ketones (excluding diaryl/α,β-unsaturated/α-hetero) is 2. The van der Waals surface area contributed by atoms with Crippen LogP contribution in [-0.2, 0) is 42.9 Å². The maximum atomic E-state index is 14.2. The van der Waals surface area contributed by atoms with Crippen LogP contribution in [0.25, 0.3) is 0 Å². The standard InChI is InChI=1S/C33H46O11/c1-11-15(2)27(42-18(5)35)16(3)22-24(36)29-23(25(37)28(22)40-10)26(38)30-32(8,44-29)13-12-19-33(30,9)21(41-17(4)34)14-20(43-19)31(6,7)39/h11,16,19-21,26-27,30,38-39H,12-14H2,1-10H3/b15-11+/t16-,19+,20+,21+,26+,27+,30-,32-,33-/m1/s1. The molecule has 0 amide bonds. The molecule has 44 heavy (non-hydrogen) atoms. The van der Waals surface area contributed by atoms with Gasteiger partial charge in [-0.25, -0.2) is 0 Å². The highest BCUT2D eigenvalue weighted by Gasteiger charge is 2.68. The molecule has 11 nitrogen and oxygen atoms in total. The predicted molar refractivity (Wildman–Crippen MR) is 157 cm³/mol. The summed E-state index contributed by atoms with van der Waals surface area (Å²) in [7, 11) is 1.27. The molecule has 0 aromatic heterocycles. The van der Waals surface area contributed by atoms with Gasteiger partial charge in [-0.1, -0.05) is 19.9 Å². The zero-order valence-corrected chi connectivity index (χ0v) is 27.3. The van der Waals surface area contributed by atoms with Gasteiger partial charge in [0.05, 0.1) is 42.2 Å². The van der Waals surface area contributed by atoms with Crippen molar-refractivity contribution in [3.05, 3.63) is 34.3 Å². The Morgan fingerprint density at radius 3 is 2.27 bits per heavy atom. The van der Waals surface area contributed by atoms with Crippen LogP contribution in [-0.4, -0.2) is 82.5 Å². The second-order valence-electron chi connectivity index (χ2n) is 13.5. The van der Waals surface area contributed by atoms with Crippen LogP contribution in [0.5, 0.6) is 0 Å². The number of aliphatic hydroxyl groups is 2. The predicted octanol–water partition coefficient (Wildman–Crippen LogP) is 3.25. The third-order valence-corrected chi connectivity index (χ3v) is 10.1. The normalized spacial score (nSPS) is 35.5. The van der Waals surface area contributed by atoms with E-state index in [1.807, 2.05) is 6.92 Å². The van der Waals surface area contributed by atoms with Crippen molar-refractivity contribution in [2.45, 2.75) is 123 Å². The average Bonchev–Trinajstić information content (AvgIpc) is 2.91. The molecule has 0 aromatic rings. The lowest BCUT2D eigenvalue weighted by molar-refractivity contribution is -0.293. The molecule has 2 fully saturated rings. The van der Waals surface area contributed by atoms with Crippen molar-refractivity contribution in [1.29, 1.82) is 0 Å². The van der Waals surface area contributed by atoms with Crippen molar-refractivity contribution in [2.75, 3.05) is 7.11 Å².